The summed E-state index contributed by atoms with van der Waals surface area (Å²) in [7, 11) is 0. The van der Waals surface area contributed by atoms with Crippen LogP contribution in [-0.2, 0) is 4.79 Å². The molecule has 0 atom stereocenters. The zero-order valence-electron chi connectivity index (χ0n) is 8.50. The van der Waals surface area contributed by atoms with Crippen LogP contribution in [0.1, 0.15) is 0 Å². The molecule has 3 nitrogen and oxygen atoms in total. The molecule has 0 aliphatic rings. The third-order valence-electron chi connectivity index (χ3n) is 1.65. The highest BCUT2D eigenvalue weighted by molar-refractivity contribution is 8.00. The van der Waals surface area contributed by atoms with Crippen LogP contribution in [0.3, 0.4) is 0 Å². The Kier molecular flexibility index (Phi) is 4.67. The van der Waals surface area contributed by atoms with E-state index in [0.29, 0.717) is 10.6 Å². The van der Waals surface area contributed by atoms with Gasteiger partial charge in [0, 0.05) is 10.6 Å². The quantitative estimate of drug-likeness (QED) is 0.471. The number of hydrogen-bond acceptors (Lipinski definition) is 3. The summed E-state index contributed by atoms with van der Waals surface area (Å²) in [5, 5.41) is 2.51. The Morgan fingerprint density at radius 3 is 2.94 bits per heavy atom. The predicted octanol–water partition coefficient (Wildman–Crippen LogP) is 1.25. The van der Waals surface area contributed by atoms with Crippen LogP contribution in [0.5, 0.6) is 0 Å². The second kappa shape index (κ2) is 6.03. The molecular formula is C11H11FN2OS. The summed E-state index contributed by atoms with van der Waals surface area (Å²) in [6, 6.07) is 4.17. The van der Waals surface area contributed by atoms with Crippen molar-refractivity contribution in [2.24, 2.45) is 0 Å². The van der Waals surface area contributed by atoms with Crippen LogP contribution >= 0.6 is 11.8 Å². The second-order valence-electron chi connectivity index (χ2n) is 2.99. The smallest absolute Gasteiger partial charge is 0.231 e. The first-order chi connectivity index (χ1) is 7.61. The number of carbonyl (C=O) groups is 1. The van der Waals surface area contributed by atoms with E-state index in [9.17, 15) is 9.18 Å². The molecule has 0 radical (unpaired) electrons. The molecule has 0 aliphatic heterocycles. The molecule has 1 rings (SSSR count). The molecule has 84 valence electrons. The standard InChI is InChI=1S/C11H11FN2OS/c1-2-3-14-11(15)7-16-10-5-8(12)4-9(13)6-10/h1,4-6H,3,7,13H2,(H,14,15). The number of halogens is 1. The van der Waals surface area contributed by atoms with E-state index in [1.165, 1.54) is 23.9 Å². The average Bonchev–Trinajstić information content (AvgIpc) is 2.22. The molecule has 0 spiro atoms. The highest BCUT2D eigenvalue weighted by Gasteiger charge is 2.03. The molecule has 1 aromatic carbocycles. The van der Waals surface area contributed by atoms with E-state index in [2.05, 4.69) is 11.2 Å². The third kappa shape index (κ3) is 4.24. The number of terminal acetylenes is 1. The molecule has 0 saturated carbocycles. The topological polar surface area (TPSA) is 55.1 Å². The summed E-state index contributed by atoms with van der Waals surface area (Å²) < 4.78 is 12.9. The minimum atomic E-state index is -0.411. The van der Waals surface area contributed by atoms with Crippen LogP contribution in [0.15, 0.2) is 23.1 Å². The van der Waals surface area contributed by atoms with Gasteiger partial charge in [0.05, 0.1) is 12.3 Å². The van der Waals surface area contributed by atoms with E-state index in [0.717, 1.165) is 0 Å². The van der Waals surface area contributed by atoms with Gasteiger partial charge in [0.25, 0.3) is 0 Å². The number of hydrogen-bond donors (Lipinski definition) is 2. The van der Waals surface area contributed by atoms with E-state index in [-0.39, 0.29) is 18.2 Å². The molecule has 16 heavy (non-hydrogen) atoms. The lowest BCUT2D eigenvalue weighted by atomic mass is 10.3. The van der Waals surface area contributed by atoms with Gasteiger partial charge in [-0.25, -0.2) is 4.39 Å². The van der Waals surface area contributed by atoms with Gasteiger partial charge in [-0.3, -0.25) is 4.79 Å². The largest absolute Gasteiger partial charge is 0.399 e. The van der Waals surface area contributed by atoms with Crippen molar-refractivity contribution in [3.05, 3.63) is 24.0 Å². The van der Waals surface area contributed by atoms with Crippen LogP contribution in [0, 0.1) is 18.2 Å². The maximum atomic E-state index is 12.9. The first-order valence-electron chi connectivity index (χ1n) is 4.51. The van der Waals surface area contributed by atoms with E-state index < -0.39 is 5.82 Å². The van der Waals surface area contributed by atoms with Gasteiger partial charge >= 0.3 is 0 Å². The Balaban J connectivity index is 2.48. The minimum absolute atomic E-state index is 0.185. The van der Waals surface area contributed by atoms with Gasteiger partial charge in [-0.05, 0) is 18.2 Å². The zero-order valence-corrected chi connectivity index (χ0v) is 9.31. The molecule has 5 heteroatoms. The first-order valence-corrected chi connectivity index (χ1v) is 5.49. The number of nitrogens with two attached hydrogens (primary N) is 1. The van der Waals surface area contributed by atoms with Crippen molar-refractivity contribution in [3.63, 3.8) is 0 Å². The number of rotatable bonds is 4. The Morgan fingerprint density at radius 1 is 1.56 bits per heavy atom. The summed E-state index contributed by atoms with van der Waals surface area (Å²) >= 11 is 1.21. The highest BCUT2D eigenvalue weighted by atomic mass is 32.2. The van der Waals surface area contributed by atoms with Crippen LogP contribution < -0.4 is 11.1 Å². The Morgan fingerprint density at radius 2 is 2.31 bits per heavy atom. The van der Waals surface area contributed by atoms with Crippen LogP contribution in [0.25, 0.3) is 0 Å². The summed E-state index contributed by atoms with van der Waals surface area (Å²) in [5.41, 5.74) is 5.80. The fraction of sp³-hybridized carbons (Fsp3) is 0.182. The molecule has 0 fully saturated rings. The summed E-state index contributed by atoms with van der Waals surface area (Å²) in [6.45, 7) is 0.199. The lowest BCUT2D eigenvalue weighted by Gasteiger charge is -2.03. The molecule has 1 aromatic rings. The van der Waals surface area contributed by atoms with Crippen LogP contribution in [0.2, 0.25) is 0 Å². The van der Waals surface area contributed by atoms with Gasteiger partial charge in [0.15, 0.2) is 0 Å². The lowest BCUT2D eigenvalue weighted by Crippen LogP contribution is -2.25. The van der Waals surface area contributed by atoms with Gasteiger partial charge < -0.3 is 11.1 Å². The molecule has 0 bridgehead atoms. The molecule has 1 amide bonds. The number of nitrogens with one attached hydrogen (secondary N) is 1. The molecular weight excluding hydrogens is 227 g/mol. The number of anilines is 1. The maximum Gasteiger partial charge on any atom is 0.231 e. The van der Waals surface area contributed by atoms with E-state index in [1.54, 1.807) is 6.07 Å². The van der Waals surface area contributed by atoms with Gasteiger partial charge in [-0.15, -0.1) is 18.2 Å². The fourth-order valence-electron chi connectivity index (χ4n) is 1.02. The van der Waals surface area contributed by atoms with Crippen molar-refractivity contribution in [2.45, 2.75) is 4.90 Å². The predicted molar refractivity (Wildman–Crippen MR) is 63.4 cm³/mol. The van der Waals surface area contributed by atoms with E-state index in [4.69, 9.17) is 12.2 Å². The molecule has 3 N–H and O–H groups in total. The highest BCUT2D eigenvalue weighted by Crippen LogP contribution is 2.21. The van der Waals surface area contributed by atoms with Crippen molar-refractivity contribution in [1.82, 2.24) is 5.32 Å². The Bertz CT molecular complexity index is 408. The van der Waals surface area contributed by atoms with E-state index >= 15 is 0 Å². The normalized spacial score (nSPS) is 9.50. The van der Waals surface area contributed by atoms with Crippen molar-refractivity contribution in [1.29, 1.82) is 0 Å². The Labute approximate surface area is 97.6 Å². The fourth-order valence-corrected chi connectivity index (χ4v) is 1.83. The number of amides is 1. The first kappa shape index (κ1) is 12.4. The van der Waals surface area contributed by atoms with Crippen molar-refractivity contribution in [3.8, 4) is 12.3 Å². The van der Waals surface area contributed by atoms with Gasteiger partial charge in [-0.1, -0.05) is 5.92 Å². The Hall–Kier alpha value is -1.67. The van der Waals surface area contributed by atoms with Crippen molar-refractivity contribution < 1.29 is 9.18 Å². The lowest BCUT2D eigenvalue weighted by molar-refractivity contribution is -0.118. The van der Waals surface area contributed by atoms with E-state index in [1.807, 2.05) is 0 Å². The monoisotopic (exact) mass is 238 g/mol. The number of thioether (sulfide) groups is 1. The molecule has 0 aromatic heterocycles. The average molecular weight is 238 g/mol. The van der Waals surface area contributed by atoms with Gasteiger partial charge in [0.1, 0.15) is 5.82 Å². The number of benzene rings is 1. The van der Waals surface area contributed by atoms with Crippen LogP contribution in [-0.4, -0.2) is 18.2 Å². The SMILES string of the molecule is C#CCNC(=O)CSc1cc(N)cc(F)c1. The van der Waals surface area contributed by atoms with Gasteiger partial charge in [0.2, 0.25) is 5.91 Å². The molecule has 0 unspecified atom stereocenters. The van der Waals surface area contributed by atoms with Gasteiger partial charge in [-0.2, -0.15) is 0 Å². The van der Waals surface area contributed by atoms with Crippen molar-refractivity contribution in [2.75, 3.05) is 18.0 Å². The zero-order chi connectivity index (χ0) is 12.0. The second-order valence-corrected chi connectivity index (χ2v) is 4.04. The summed E-state index contributed by atoms with van der Waals surface area (Å²) in [4.78, 5) is 11.8. The van der Waals surface area contributed by atoms with Crippen LogP contribution in [0.4, 0.5) is 10.1 Å². The minimum Gasteiger partial charge on any atom is -0.399 e. The number of carbonyl (C=O) groups excluding carboxylic acids is 1. The number of nitrogen functional groups attached to an aromatic ring is 1. The summed E-state index contributed by atoms with van der Waals surface area (Å²) in [6.07, 6.45) is 4.99. The maximum absolute atomic E-state index is 12.9. The summed E-state index contributed by atoms with van der Waals surface area (Å²) in [5.74, 6) is 1.88. The molecule has 0 aliphatic carbocycles. The van der Waals surface area contributed by atoms with Crippen molar-refractivity contribution >= 4 is 23.4 Å². The molecule has 0 heterocycles. The third-order valence-corrected chi connectivity index (χ3v) is 2.63. The molecule has 0 saturated heterocycles.